The van der Waals surface area contributed by atoms with Gasteiger partial charge in [0.1, 0.15) is 0 Å². The molecular weight excluding hydrogens is 256 g/mol. The first-order valence-corrected chi connectivity index (χ1v) is 7.20. The van der Waals surface area contributed by atoms with Crippen molar-refractivity contribution in [3.63, 3.8) is 0 Å². The van der Waals surface area contributed by atoms with Crippen LogP contribution in [-0.2, 0) is 4.79 Å². The normalized spacial score (nSPS) is 21.1. The number of carbonyl (C=O) groups excluding carboxylic acids is 1. The highest BCUT2D eigenvalue weighted by molar-refractivity contribution is 5.80. The Morgan fingerprint density at radius 2 is 2.05 bits per heavy atom. The van der Waals surface area contributed by atoms with E-state index >= 15 is 0 Å². The van der Waals surface area contributed by atoms with E-state index in [1.165, 1.54) is 5.57 Å². The minimum absolute atomic E-state index is 0.151. The lowest BCUT2D eigenvalue weighted by Crippen LogP contribution is -2.45. The van der Waals surface area contributed by atoms with Crippen molar-refractivity contribution < 1.29 is 14.7 Å². The number of amides is 2. The predicted octanol–water partition coefficient (Wildman–Crippen LogP) is 2.24. The molecule has 0 atom stereocenters. The van der Waals surface area contributed by atoms with Crippen LogP contribution in [0.3, 0.4) is 0 Å². The van der Waals surface area contributed by atoms with Gasteiger partial charge < -0.3 is 15.3 Å². The summed E-state index contributed by atoms with van der Waals surface area (Å²) in [6, 6.07) is -0.151. The Morgan fingerprint density at radius 1 is 1.40 bits per heavy atom. The van der Waals surface area contributed by atoms with Crippen molar-refractivity contribution in [3.8, 4) is 0 Å². The summed E-state index contributed by atoms with van der Waals surface area (Å²) in [5, 5.41) is 11.8. The van der Waals surface area contributed by atoms with Gasteiger partial charge in [-0.2, -0.15) is 0 Å². The molecule has 0 aromatic heterocycles. The van der Waals surface area contributed by atoms with Gasteiger partial charge in [0.05, 0.1) is 5.41 Å². The van der Waals surface area contributed by atoms with Crippen molar-refractivity contribution in [2.75, 3.05) is 19.6 Å². The lowest BCUT2D eigenvalue weighted by Gasteiger charge is -2.32. The Bertz CT molecular complexity index is 445. The molecule has 1 fully saturated rings. The van der Waals surface area contributed by atoms with Crippen LogP contribution in [0.2, 0.25) is 0 Å². The number of carboxylic acid groups (broad SMARTS) is 1. The summed E-state index contributed by atoms with van der Waals surface area (Å²) in [6.07, 6.45) is 4.33. The van der Waals surface area contributed by atoms with Crippen LogP contribution in [0.25, 0.3) is 0 Å². The number of nitrogens with zero attached hydrogens (tertiary/aromatic N) is 1. The average Bonchev–Trinajstić information content (AvgIpc) is 3.16. The van der Waals surface area contributed by atoms with Crippen molar-refractivity contribution in [2.24, 2.45) is 10.8 Å². The quantitative estimate of drug-likeness (QED) is 0.779. The molecule has 0 aromatic carbocycles. The van der Waals surface area contributed by atoms with E-state index < -0.39 is 11.4 Å². The van der Waals surface area contributed by atoms with Crippen molar-refractivity contribution >= 4 is 12.0 Å². The topological polar surface area (TPSA) is 69.6 Å². The minimum atomic E-state index is -0.800. The van der Waals surface area contributed by atoms with Crippen molar-refractivity contribution in [1.29, 1.82) is 0 Å². The first kappa shape index (κ1) is 14.9. The molecule has 2 aliphatic rings. The zero-order valence-corrected chi connectivity index (χ0v) is 12.5. The molecule has 2 amide bonds. The van der Waals surface area contributed by atoms with Crippen LogP contribution in [0.4, 0.5) is 4.79 Å². The highest BCUT2D eigenvalue weighted by atomic mass is 16.4. The number of urea groups is 1. The van der Waals surface area contributed by atoms with Crippen LogP contribution in [0.5, 0.6) is 0 Å². The lowest BCUT2D eigenvalue weighted by atomic mass is 9.83. The second kappa shape index (κ2) is 5.11. The first-order chi connectivity index (χ1) is 9.24. The van der Waals surface area contributed by atoms with Gasteiger partial charge in [-0.25, -0.2) is 4.79 Å². The Kier molecular flexibility index (Phi) is 3.80. The van der Waals surface area contributed by atoms with Crippen LogP contribution in [0, 0.1) is 10.8 Å². The summed E-state index contributed by atoms with van der Waals surface area (Å²) in [7, 11) is 0. The van der Waals surface area contributed by atoms with Crippen LogP contribution < -0.4 is 5.32 Å². The number of hydrogen-bond acceptors (Lipinski definition) is 2. The molecule has 20 heavy (non-hydrogen) atoms. The standard InChI is InChI=1S/C15H24N2O3/c1-14(2,3)11-4-8-17(9-5-11)13(20)16-10-15(6-7-15)12(18)19/h4H,5-10H2,1-3H3,(H,16,20)(H,18,19). The molecule has 0 saturated heterocycles. The molecule has 1 aliphatic carbocycles. The molecule has 5 heteroatoms. The van der Waals surface area contributed by atoms with E-state index in [0.29, 0.717) is 25.9 Å². The highest BCUT2D eigenvalue weighted by Crippen LogP contribution is 2.45. The molecule has 0 bridgehead atoms. The average molecular weight is 280 g/mol. The van der Waals surface area contributed by atoms with E-state index in [0.717, 1.165) is 6.42 Å². The van der Waals surface area contributed by atoms with Gasteiger partial charge in [-0.1, -0.05) is 32.4 Å². The second-order valence-electron chi connectivity index (χ2n) is 6.92. The molecule has 0 spiro atoms. The summed E-state index contributed by atoms with van der Waals surface area (Å²) in [4.78, 5) is 24.8. The monoisotopic (exact) mass is 280 g/mol. The smallest absolute Gasteiger partial charge is 0.317 e. The van der Waals surface area contributed by atoms with Gasteiger partial charge in [0.25, 0.3) is 0 Å². The molecule has 1 saturated carbocycles. The molecule has 5 nitrogen and oxygen atoms in total. The van der Waals surface area contributed by atoms with E-state index in [2.05, 4.69) is 32.2 Å². The van der Waals surface area contributed by atoms with Crippen molar-refractivity contribution in [3.05, 3.63) is 11.6 Å². The zero-order chi connectivity index (χ0) is 15.0. The largest absolute Gasteiger partial charge is 0.481 e. The fourth-order valence-corrected chi connectivity index (χ4v) is 2.51. The Labute approximate surface area is 120 Å². The van der Waals surface area contributed by atoms with Gasteiger partial charge in [0.2, 0.25) is 0 Å². The fraction of sp³-hybridized carbons (Fsp3) is 0.733. The Morgan fingerprint density at radius 3 is 2.45 bits per heavy atom. The summed E-state index contributed by atoms with van der Waals surface area (Å²) >= 11 is 0. The third-order valence-corrected chi connectivity index (χ3v) is 4.34. The van der Waals surface area contributed by atoms with Gasteiger partial charge in [0, 0.05) is 19.6 Å². The molecule has 2 rings (SSSR count). The number of nitrogens with one attached hydrogen (secondary N) is 1. The van der Waals surface area contributed by atoms with E-state index in [-0.39, 0.29) is 18.0 Å². The molecule has 1 aliphatic heterocycles. The summed E-state index contributed by atoms with van der Waals surface area (Å²) in [5.41, 5.74) is 0.840. The first-order valence-electron chi connectivity index (χ1n) is 7.20. The molecule has 0 unspecified atom stereocenters. The molecule has 0 aromatic rings. The van der Waals surface area contributed by atoms with Gasteiger partial charge in [-0.15, -0.1) is 0 Å². The maximum absolute atomic E-state index is 12.0. The Hall–Kier alpha value is -1.52. The third-order valence-electron chi connectivity index (χ3n) is 4.34. The molecule has 1 heterocycles. The third kappa shape index (κ3) is 3.14. The highest BCUT2D eigenvalue weighted by Gasteiger charge is 2.50. The van der Waals surface area contributed by atoms with Crippen LogP contribution in [-0.4, -0.2) is 41.6 Å². The maximum atomic E-state index is 12.0. The van der Waals surface area contributed by atoms with Gasteiger partial charge >= 0.3 is 12.0 Å². The fourth-order valence-electron chi connectivity index (χ4n) is 2.51. The molecule has 0 radical (unpaired) electrons. The van der Waals surface area contributed by atoms with Crippen LogP contribution in [0.15, 0.2) is 11.6 Å². The van der Waals surface area contributed by atoms with Gasteiger partial charge in [0.15, 0.2) is 0 Å². The summed E-state index contributed by atoms with van der Waals surface area (Å²) in [6.45, 7) is 8.09. The Balaban J connectivity index is 1.84. The van der Waals surface area contributed by atoms with E-state index in [9.17, 15) is 9.59 Å². The number of hydrogen-bond donors (Lipinski definition) is 2. The minimum Gasteiger partial charge on any atom is -0.481 e. The molecule has 2 N–H and O–H groups in total. The predicted molar refractivity (Wildman–Crippen MR) is 76.4 cm³/mol. The number of carbonyl (C=O) groups is 2. The SMILES string of the molecule is CC(C)(C)C1=CCN(C(=O)NCC2(C(=O)O)CC2)CC1. The number of rotatable bonds is 3. The molecular formula is C15H24N2O3. The maximum Gasteiger partial charge on any atom is 0.317 e. The summed E-state index contributed by atoms with van der Waals surface area (Å²) in [5.74, 6) is -0.800. The van der Waals surface area contributed by atoms with E-state index in [4.69, 9.17) is 5.11 Å². The summed E-state index contributed by atoms with van der Waals surface area (Å²) < 4.78 is 0. The van der Waals surface area contributed by atoms with Gasteiger partial charge in [-0.05, 0) is 24.7 Å². The van der Waals surface area contributed by atoms with Crippen molar-refractivity contribution in [1.82, 2.24) is 10.2 Å². The van der Waals surface area contributed by atoms with Crippen LogP contribution >= 0.6 is 0 Å². The van der Waals surface area contributed by atoms with E-state index in [1.807, 2.05) is 0 Å². The van der Waals surface area contributed by atoms with Crippen LogP contribution in [0.1, 0.15) is 40.0 Å². The zero-order valence-electron chi connectivity index (χ0n) is 12.5. The second-order valence-corrected chi connectivity index (χ2v) is 6.92. The number of carboxylic acids is 1. The lowest BCUT2D eigenvalue weighted by molar-refractivity contribution is -0.143. The molecule has 112 valence electrons. The van der Waals surface area contributed by atoms with Crippen molar-refractivity contribution in [2.45, 2.75) is 40.0 Å². The van der Waals surface area contributed by atoms with E-state index in [1.54, 1.807) is 4.90 Å². The van der Waals surface area contributed by atoms with Gasteiger partial charge in [-0.3, -0.25) is 4.79 Å². The number of aliphatic carboxylic acids is 1.